The predicted octanol–water partition coefficient (Wildman–Crippen LogP) is 10.0. The van der Waals surface area contributed by atoms with E-state index in [9.17, 15) is 38.4 Å². The lowest BCUT2D eigenvalue weighted by atomic mass is 9.76. The van der Waals surface area contributed by atoms with Crippen molar-refractivity contribution in [1.29, 1.82) is 0 Å². The first-order valence-corrected chi connectivity index (χ1v) is 34.7. The van der Waals surface area contributed by atoms with Crippen molar-refractivity contribution in [3.05, 3.63) is 136 Å². The van der Waals surface area contributed by atoms with Crippen molar-refractivity contribution in [1.82, 2.24) is 40.9 Å². The Morgan fingerprint density at radius 3 is 1.62 bits per heavy atom. The van der Waals surface area contributed by atoms with Gasteiger partial charge in [-0.1, -0.05) is 75.4 Å². The average Bonchev–Trinajstić information content (AvgIpc) is 1.19. The number of nitrogens with one attached hydrogen (secondary N) is 5. The molecule has 9 atom stereocenters. The van der Waals surface area contributed by atoms with Gasteiger partial charge in [0, 0.05) is 73.5 Å². The minimum atomic E-state index is -1.17. The van der Waals surface area contributed by atoms with Crippen molar-refractivity contribution < 1.29 is 57.4 Å². The quantitative estimate of drug-likeness (QED) is 0.0586. The molecule has 2 heterocycles. The fourth-order valence-electron chi connectivity index (χ4n) is 12.9. The number of Topliss-reactive ketones (excluding diaryl/α,β-unsaturated/α-hetero) is 1. The van der Waals surface area contributed by atoms with E-state index in [1.54, 1.807) is 67.5 Å². The highest BCUT2D eigenvalue weighted by Crippen LogP contribution is 2.38. The summed E-state index contributed by atoms with van der Waals surface area (Å²) < 4.78 is 10.2. The van der Waals surface area contributed by atoms with Crippen LogP contribution in [0.15, 0.2) is 91.0 Å². The zero-order valence-corrected chi connectivity index (χ0v) is 59.5. The number of ether oxygens (including phenoxy) is 2. The molecular formula is C74H99N9O12S. The highest BCUT2D eigenvalue weighted by Gasteiger charge is 2.48. The molecule has 2 aliphatic heterocycles. The molecule has 96 heavy (non-hydrogen) atoms. The third kappa shape index (κ3) is 17.8. The molecule has 4 aliphatic rings. The first-order chi connectivity index (χ1) is 44.9. The number of nitrogens with zero attached hydrogens (tertiary/aromatic N) is 4. The zero-order chi connectivity index (χ0) is 70.5. The second kappa shape index (κ2) is 30.0. The summed E-state index contributed by atoms with van der Waals surface area (Å²) >= 11 is 1.36. The van der Waals surface area contributed by atoms with E-state index in [0.29, 0.717) is 24.1 Å². The number of thioether (sulfide) groups is 1. The van der Waals surface area contributed by atoms with Crippen molar-refractivity contribution in [3.8, 4) is 0 Å². The molecule has 0 spiro atoms. The van der Waals surface area contributed by atoms with Gasteiger partial charge in [-0.2, -0.15) is 11.8 Å². The van der Waals surface area contributed by atoms with Gasteiger partial charge in [0.15, 0.2) is 5.78 Å². The molecule has 22 heteroatoms. The van der Waals surface area contributed by atoms with E-state index in [-0.39, 0.29) is 73.2 Å². The van der Waals surface area contributed by atoms with Gasteiger partial charge in [0.2, 0.25) is 29.5 Å². The fourth-order valence-corrected chi connectivity index (χ4v) is 13.3. The van der Waals surface area contributed by atoms with Crippen LogP contribution in [0.4, 0.5) is 15.3 Å². The number of hydrogen-bond donors (Lipinski definition) is 5. The molecule has 1 saturated heterocycles. The smallest absolute Gasteiger partial charge is 0.410 e. The molecule has 9 amide bonds. The largest absolute Gasteiger partial charge is 0.444 e. The number of likely N-dealkylation sites (tertiary alicyclic amines) is 1. The minimum absolute atomic E-state index is 0.0318. The van der Waals surface area contributed by atoms with Gasteiger partial charge in [-0.05, 0) is 196 Å². The van der Waals surface area contributed by atoms with E-state index in [4.69, 9.17) is 9.47 Å². The van der Waals surface area contributed by atoms with Gasteiger partial charge in [0.25, 0.3) is 11.8 Å². The Bertz CT molecular complexity index is 3590. The SMILES string of the molecule is CSC(C)(C)[C@H](NC(=O)[C@H](C)N(C)C(=O)OC(C)(C)C)C(=O)N1Cc2cc(NC(=O)c3ccc(C(=O)NC4C[C@@H](C(=O)NC5CCCc6ccccc65)N(C(=O)[C@@H](CC(=O)[C@H](C)N(C)C(=O)OC(C)(C)C)C(C)(C)C)C4)cc3)ccc2CC1C(=O)N[C@@H]1CCCc2ccccc21. The number of benzene rings is 4. The van der Waals surface area contributed by atoms with Crippen molar-refractivity contribution in [3.63, 3.8) is 0 Å². The molecular weight excluding hydrogens is 1240 g/mol. The zero-order valence-electron chi connectivity index (χ0n) is 58.7. The maximum Gasteiger partial charge on any atom is 0.410 e. The van der Waals surface area contributed by atoms with Crippen molar-refractivity contribution in [2.45, 2.75) is 219 Å². The number of ketones is 1. The Hall–Kier alpha value is -8.27. The number of rotatable bonds is 19. The lowest BCUT2D eigenvalue weighted by Gasteiger charge is -2.42. The van der Waals surface area contributed by atoms with Crippen molar-refractivity contribution in [2.75, 3.05) is 32.2 Å². The lowest BCUT2D eigenvalue weighted by molar-refractivity contribution is -0.146. The van der Waals surface area contributed by atoms with E-state index in [1.165, 1.54) is 69.7 Å². The van der Waals surface area contributed by atoms with Crippen LogP contribution in [0.25, 0.3) is 0 Å². The molecule has 8 rings (SSSR count). The molecule has 1 fully saturated rings. The third-order valence-electron chi connectivity index (χ3n) is 19.1. The van der Waals surface area contributed by atoms with E-state index >= 15 is 9.59 Å². The third-order valence-corrected chi connectivity index (χ3v) is 20.3. The van der Waals surface area contributed by atoms with E-state index in [2.05, 4.69) is 38.7 Å². The monoisotopic (exact) mass is 1340 g/mol. The van der Waals surface area contributed by atoms with Gasteiger partial charge >= 0.3 is 12.2 Å². The van der Waals surface area contributed by atoms with Gasteiger partial charge < -0.3 is 50.8 Å². The number of aryl methyl sites for hydroxylation is 2. The molecule has 2 aliphatic carbocycles. The summed E-state index contributed by atoms with van der Waals surface area (Å²) in [6.45, 7) is 22.6. The number of carbonyl (C=O) groups is 10. The summed E-state index contributed by atoms with van der Waals surface area (Å²) in [6.07, 6.45) is 5.33. The summed E-state index contributed by atoms with van der Waals surface area (Å²) in [6, 6.07) is 20.9. The molecule has 0 aromatic heterocycles. The summed E-state index contributed by atoms with van der Waals surface area (Å²) in [7, 11) is 2.93. The van der Waals surface area contributed by atoms with Crippen molar-refractivity contribution in [2.24, 2.45) is 11.3 Å². The molecule has 4 aromatic rings. The summed E-state index contributed by atoms with van der Waals surface area (Å²) in [5, 5.41) is 15.5. The number of likely N-dealkylation sites (N-methyl/N-ethyl adjacent to an activating group) is 2. The number of fused-ring (bicyclic) bond motifs is 3. The second-order valence-electron chi connectivity index (χ2n) is 29.8. The second-order valence-corrected chi connectivity index (χ2v) is 31.3. The van der Waals surface area contributed by atoms with Crippen LogP contribution in [-0.4, -0.2) is 158 Å². The Labute approximate surface area is 570 Å². The molecule has 5 N–H and O–H groups in total. The Balaban J connectivity index is 0.993. The molecule has 3 unspecified atom stereocenters. The topological polar surface area (TPSA) is 262 Å². The highest BCUT2D eigenvalue weighted by atomic mass is 32.2. The summed E-state index contributed by atoms with van der Waals surface area (Å²) in [5.74, 6) is -4.54. The maximum absolute atomic E-state index is 15.4. The average molecular weight is 1340 g/mol. The number of hydrogen-bond acceptors (Lipinski definition) is 13. The van der Waals surface area contributed by atoms with E-state index in [0.717, 1.165) is 53.5 Å². The van der Waals surface area contributed by atoms with Crippen LogP contribution in [0.5, 0.6) is 0 Å². The normalized spacial score (nSPS) is 19.9. The molecule has 0 bridgehead atoms. The molecule has 21 nitrogen and oxygen atoms in total. The Morgan fingerprint density at radius 2 is 1.10 bits per heavy atom. The number of carbonyl (C=O) groups excluding carboxylic acids is 10. The predicted molar refractivity (Wildman–Crippen MR) is 370 cm³/mol. The van der Waals surface area contributed by atoms with Crippen LogP contribution in [0, 0.1) is 11.3 Å². The Morgan fingerprint density at radius 1 is 0.594 bits per heavy atom. The Kier molecular flexibility index (Phi) is 23.0. The van der Waals surface area contributed by atoms with Crippen LogP contribution in [0.3, 0.4) is 0 Å². The van der Waals surface area contributed by atoms with Crippen LogP contribution >= 0.6 is 11.8 Å². The van der Waals surface area contributed by atoms with Crippen LogP contribution in [-0.2, 0) is 64.0 Å². The van der Waals surface area contributed by atoms with Crippen molar-refractivity contribution >= 4 is 76.8 Å². The van der Waals surface area contributed by atoms with E-state index in [1.807, 2.05) is 83.3 Å². The summed E-state index contributed by atoms with van der Waals surface area (Å²) in [4.78, 5) is 148. The fraction of sp³-hybridized carbons (Fsp3) is 0.541. The molecule has 4 aromatic carbocycles. The first kappa shape index (κ1) is 73.5. The van der Waals surface area contributed by atoms with Crippen LogP contribution < -0.4 is 26.6 Å². The molecule has 518 valence electrons. The maximum atomic E-state index is 15.4. The molecule has 0 saturated carbocycles. The standard InChI is InChI=1S/C74H99N9O12S/c1-43(80(14)69(92)94-72(6,7)8)60(84)40-55(71(3,4)5)67(90)83-42-52(39-59(83)66(89)78-57-30-22-26-46-24-18-20-28-54(46)57)76-64(87)48-33-31-47(32-34-48)63(86)75-51-36-35-49-38-58(65(88)77-56-29-21-25-45-23-17-19-27-53(45)56)82(41-50(49)37-51)68(91)61(74(12,13)96-16)79-62(85)44(2)81(15)70(93)95-73(9,10)11/h17-20,23-24,27-28,31-37,43-44,52,55-59,61H,21-22,25-26,29-30,38-42H2,1-16H3,(H,75,86)(H,76,87)(H,77,88)(H,78,89)(H,79,85)/t43-,44-,52?,55+,56+,57?,58?,59-,61+/m0/s1. The van der Waals surface area contributed by atoms with Gasteiger partial charge in [-0.25, -0.2) is 9.59 Å². The van der Waals surface area contributed by atoms with Gasteiger partial charge in [0.1, 0.15) is 35.4 Å². The minimum Gasteiger partial charge on any atom is -0.444 e. The first-order valence-electron chi connectivity index (χ1n) is 33.5. The van der Waals surface area contributed by atoms with Gasteiger partial charge in [-0.15, -0.1) is 0 Å². The van der Waals surface area contributed by atoms with Crippen LogP contribution in [0.1, 0.15) is 195 Å². The van der Waals surface area contributed by atoms with E-state index < -0.39 is 105 Å². The highest BCUT2D eigenvalue weighted by molar-refractivity contribution is 8.00. The number of anilines is 1. The van der Waals surface area contributed by atoms with Gasteiger partial charge in [0.05, 0.1) is 18.1 Å². The summed E-state index contributed by atoms with van der Waals surface area (Å²) in [5.41, 5.74) is 4.22. The lowest BCUT2D eigenvalue weighted by Crippen LogP contribution is -2.63. The number of amides is 9. The molecule has 0 radical (unpaired) electrons. The van der Waals surface area contributed by atoms with Crippen LogP contribution in [0.2, 0.25) is 0 Å². The van der Waals surface area contributed by atoms with Gasteiger partial charge in [-0.3, -0.25) is 43.3 Å².